The van der Waals surface area contributed by atoms with Crippen molar-refractivity contribution in [3.8, 4) is 5.75 Å². The van der Waals surface area contributed by atoms with E-state index in [0.29, 0.717) is 12.3 Å². The van der Waals surface area contributed by atoms with Crippen LogP contribution in [0, 0.1) is 11.3 Å². The Morgan fingerprint density at radius 2 is 1.89 bits per heavy atom. The molecule has 102 valence electrons. The van der Waals surface area contributed by atoms with Crippen molar-refractivity contribution >= 4 is 5.78 Å². The van der Waals surface area contributed by atoms with Crippen LogP contribution < -0.4 is 0 Å². The lowest BCUT2D eigenvalue weighted by Crippen LogP contribution is -2.41. The molecule has 4 atom stereocenters. The van der Waals surface area contributed by atoms with Crippen LogP contribution in [0.3, 0.4) is 0 Å². The van der Waals surface area contributed by atoms with Crippen LogP contribution in [0.15, 0.2) is 24.3 Å². The number of phenolic OH excluding ortho intramolecular Hbond substituents is 1. The summed E-state index contributed by atoms with van der Waals surface area (Å²) >= 11 is 0. The van der Waals surface area contributed by atoms with Crippen molar-refractivity contribution < 1.29 is 15.0 Å². The van der Waals surface area contributed by atoms with Crippen LogP contribution >= 0.6 is 0 Å². The van der Waals surface area contributed by atoms with E-state index in [-0.39, 0.29) is 29.0 Å². The molecule has 2 aliphatic rings. The number of Topliss-reactive ketones (excluding diaryl/α,β-unsaturated/α-hetero) is 1. The fourth-order valence-electron chi connectivity index (χ4n) is 3.88. The quantitative estimate of drug-likeness (QED) is 0.816. The molecule has 1 aromatic carbocycles. The molecule has 0 amide bonds. The van der Waals surface area contributed by atoms with Gasteiger partial charge in [-0.2, -0.15) is 0 Å². The zero-order valence-corrected chi connectivity index (χ0v) is 11.2. The molecule has 0 saturated heterocycles. The molecule has 0 aromatic heterocycles. The van der Waals surface area contributed by atoms with Crippen LogP contribution in [0.2, 0.25) is 0 Å². The number of ketones is 1. The largest absolute Gasteiger partial charge is 0.508 e. The lowest BCUT2D eigenvalue weighted by molar-refractivity contribution is -0.129. The van der Waals surface area contributed by atoms with E-state index in [9.17, 15) is 15.0 Å². The zero-order valence-electron chi connectivity index (χ0n) is 11.2. The van der Waals surface area contributed by atoms with Gasteiger partial charge in [0.1, 0.15) is 11.5 Å². The molecule has 2 aliphatic carbocycles. The molecule has 0 unspecified atom stereocenters. The monoisotopic (exact) mass is 260 g/mol. The van der Waals surface area contributed by atoms with Gasteiger partial charge in [-0.05, 0) is 42.9 Å². The van der Waals surface area contributed by atoms with Gasteiger partial charge in [0.05, 0.1) is 6.10 Å². The topological polar surface area (TPSA) is 57.5 Å². The third-order valence-electron chi connectivity index (χ3n) is 5.24. The summed E-state index contributed by atoms with van der Waals surface area (Å²) < 4.78 is 0. The van der Waals surface area contributed by atoms with E-state index in [4.69, 9.17) is 0 Å². The highest BCUT2D eigenvalue weighted by molar-refractivity contribution is 5.87. The number of benzene rings is 1. The standard InChI is InChI=1S/C16H20O3/c1-16-9-14(18)13(8-11(16)4-7-15(16)19)10-2-5-12(17)6-3-10/h2-3,5-6,11,13,15,17,19H,4,7-9H2,1H3/t11-,13-,15-,16-/m0/s1. The van der Waals surface area contributed by atoms with E-state index in [1.807, 2.05) is 12.1 Å². The first-order chi connectivity index (χ1) is 9.00. The molecule has 19 heavy (non-hydrogen) atoms. The predicted octanol–water partition coefficient (Wildman–Crippen LogP) is 2.62. The molecule has 0 radical (unpaired) electrons. The highest BCUT2D eigenvalue weighted by Crippen LogP contribution is 2.54. The molecule has 0 spiro atoms. The Kier molecular flexibility index (Phi) is 2.90. The molecule has 3 nitrogen and oxygen atoms in total. The fourth-order valence-corrected chi connectivity index (χ4v) is 3.88. The summed E-state index contributed by atoms with van der Waals surface area (Å²) in [5.74, 6) is 0.821. The summed E-state index contributed by atoms with van der Waals surface area (Å²) in [7, 11) is 0. The van der Waals surface area contributed by atoms with E-state index in [2.05, 4.69) is 6.92 Å². The van der Waals surface area contributed by atoms with Crippen molar-refractivity contribution in [2.75, 3.05) is 0 Å². The van der Waals surface area contributed by atoms with Gasteiger partial charge in [-0.1, -0.05) is 19.1 Å². The summed E-state index contributed by atoms with van der Waals surface area (Å²) in [6, 6.07) is 6.96. The highest BCUT2D eigenvalue weighted by Gasteiger charge is 2.51. The van der Waals surface area contributed by atoms with Gasteiger partial charge in [-0.15, -0.1) is 0 Å². The average Bonchev–Trinajstić information content (AvgIpc) is 2.65. The van der Waals surface area contributed by atoms with Gasteiger partial charge < -0.3 is 10.2 Å². The van der Waals surface area contributed by atoms with Gasteiger partial charge in [-0.3, -0.25) is 4.79 Å². The number of rotatable bonds is 1. The molecule has 2 saturated carbocycles. The van der Waals surface area contributed by atoms with Crippen LogP contribution in [0.25, 0.3) is 0 Å². The SMILES string of the molecule is C[C@]12CC(=O)[C@H](c3ccc(O)cc3)C[C@@H]1CC[C@@H]2O. The van der Waals surface area contributed by atoms with Crippen molar-refractivity contribution in [3.05, 3.63) is 29.8 Å². The second-order valence-electron chi connectivity index (χ2n) is 6.32. The second kappa shape index (κ2) is 4.34. The lowest BCUT2D eigenvalue weighted by Gasteiger charge is -2.41. The Labute approximate surface area is 113 Å². The third kappa shape index (κ3) is 1.96. The van der Waals surface area contributed by atoms with Crippen molar-refractivity contribution in [2.24, 2.45) is 11.3 Å². The number of aliphatic hydroxyl groups excluding tert-OH is 1. The van der Waals surface area contributed by atoms with Gasteiger partial charge in [0.15, 0.2) is 0 Å². The van der Waals surface area contributed by atoms with Crippen molar-refractivity contribution in [1.29, 1.82) is 0 Å². The Morgan fingerprint density at radius 1 is 1.21 bits per heavy atom. The number of aliphatic hydroxyl groups is 1. The molecule has 0 heterocycles. The Hall–Kier alpha value is -1.35. The number of hydrogen-bond donors (Lipinski definition) is 2. The minimum absolute atomic E-state index is 0.0658. The minimum Gasteiger partial charge on any atom is -0.508 e. The summed E-state index contributed by atoms with van der Waals surface area (Å²) in [5.41, 5.74) is 0.774. The van der Waals surface area contributed by atoms with Crippen molar-refractivity contribution in [1.82, 2.24) is 0 Å². The summed E-state index contributed by atoms with van der Waals surface area (Å²) in [6.45, 7) is 2.06. The smallest absolute Gasteiger partial charge is 0.141 e. The number of fused-ring (bicyclic) bond motifs is 1. The third-order valence-corrected chi connectivity index (χ3v) is 5.24. The molecule has 3 rings (SSSR count). The number of hydrogen-bond acceptors (Lipinski definition) is 3. The number of carbonyl (C=O) groups is 1. The van der Waals surface area contributed by atoms with Crippen LogP contribution in [0.4, 0.5) is 0 Å². The first-order valence-electron chi connectivity index (χ1n) is 7.00. The van der Waals surface area contributed by atoms with E-state index in [1.54, 1.807) is 12.1 Å². The molecule has 1 aromatic rings. The van der Waals surface area contributed by atoms with Crippen LogP contribution in [-0.2, 0) is 4.79 Å². The molecule has 2 N–H and O–H groups in total. The van der Waals surface area contributed by atoms with E-state index in [1.165, 1.54) is 0 Å². The summed E-state index contributed by atoms with van der Waals surface area (Å²) in [4.78, 5) is 12.4. The number of carbonyl (C=O) groups excluding carboxylic acids is 1. The van der Waals surface area contributed by atoms with Gasteiger partial charge in [-0.25, -0.2) is 0 Å². The highest BCUT2D eigenvalue weighted by atomic mass is 16.3. The first kappa shape index (κ1) is 12.7. The molecule has 0 aliphatic heterocycles. The fraction of sp³-hybridized carbons (Fsp3) is 0.562. The van der Waals surface area contributed by atoms with Crippen LogP contribution in [-0.4, -0.2) is 22.1 Å². The average molecular weight is 260 g/mol. The molecule has 0 bridgehead atoms. The summed E-state index contributed by atoms with van der Waals surface area (Å²) in [6.07, 6.45) is 2.81. The first-order valence-corrected chi connectivity index (χ1v) is 7.00. The Morgan fingerprint density at radius 3 is 2.58 bits per heavy atom. The van der Waals surface area contributed by atoms with E-state index >= 15 is 0 Å². The molecule has 3 heteroatoms. The maximum Gasteiger partial charge on any atom is 0.141 e. The zero-order chi connectivity index (χ0) is 13.6. The second-order valence-corrected chi connectivity index (χ2v) is 6.32. The minimum atomic E-state index is -0.331. The number of phenols is 1. The maximum absolute atomic E-state index is 12.4. The van der Waals surface area contributed by atoms with Crippen LogP contribution in [0.5, 0.6) is 5.75 Å². The van der Waals surface area contributed by atoms with Gasteiger partial charge in [0.2, 0.25) is 0 Å². The molecular formula is C16H20O3. The van der Waals surface area contributed by atoms with E-state index < -0.39 is 0 Å². The molecule has 2 fully saturated rings. The van der Waals surface area contributed by atoms with Crippen molar-refractivity contribution in [2.45, 2.75) is 44.6 Å². The van der Waals surface area contributed by atoms with Crippen LogP contribution in [0.1, 0.15) is 44.1 Å². The van der Waals surface area contributed by atoms with Gasteiger partial charge >= 0.3 is 0 Å². The predicted molar refractivity (Wildman–Crippen MR) is 71.9 cm³/mol. The van der Waals surface area contributed by atoms with Gasteiger partial charge in [0, 0.05) is 17.8 Å². The molecular weight excluding hydrogens is 240 g/mol. The lowest BCUT2D eigenvalue weighted by atomic mass is 9.63. The Balaban J connectivity index is 1.86. The maximum atomic E-state index is 12.4. The Bertz CT molecular complexity index is 493. The van der Waals surface area contributed by atoms with Gasteiger partial charge in [0.25, 0.3) is 0 Å². The van der Waals surface area contributed by atoms with Crippen molar-refractivity contribution in [3.63, 3.8) is 0 Å². The number of aromatic hydroxyl groups is 1. The normalized spacial score (nSPS) is 38.2. The summed E-state index contributed by atoms with van der Waals surface area (Å²) in [5, 5.41) is 19.4. The van der Waals surface area contributed by atoms with E-state index in [0.717, 1.165) is 24.8 Å².